The highest BCUT2D eigenvalue weighted by molar-refractivity contribution is 14.0. The Kier molecular flexibility index (Phi) is 8.44. The molecule has 1 aromatic carbocycles. The lowest BCUT2D eigenvalue weighted by Gasteiger charge is -2.22. The standard InChI is InChI=1S/C15H18F2N4O2.HI/c1-18-15(19-9-12-7-8-22-20-12)21(2)10-11-3-5-13(6-4-11)23-14(16)17;/h3-8,14H,9-10H2,1-2H3,(H,18,19);1H. The average Bonchev–Trinajstić information content (AvgIpc) is 3.03. The van der Waals surface area contributed by atoms with Crippen LogP contribution in [0.4, 0.5) is 8.78 Å². The van der Waals surface area contributed by atoms with E-state index >= 15 is 0 Å². The van der Waals surface area contributed by atoms with Gasteiger partial charge in [0.1, 0.15) is 17.7 Å². The smallest absolute Gasteiger partial charge is 0.387 e. The highest BCUT2D eigenvalue weighted by Gasteiger charge is 2.08. The molecule has 1 N–H and O–H groups in total. The lowest BCUT2D eigenvalue weighted by molar-refractivity contribution is -0.0498. The summed E-state index contributed by atoms with van der Waals surface area (Å²) in [5, 5.41) is 6.97. The summed E-state index contributed by atoms with van der Waals surface area (Å²) < 4.78 is 33.3. The molecule has 0 saturated carbocycles. The van der Waals surface area contributed by atoms with Crippen molar-refractivity contribution >= 4 is 29.9 Å². The molecule has 24 heavy (non-hydrogen) atoms. The summed E-state index contributed by atoms with van der Waals surface area (Å²) in [6, 6.07) is 8.27. The molecule has 0 aliphatic heterocycles. The third kappa shape index (κ3) is 6.30. The third-order valence-corrected chi connectivity index (χ3v) is 3.06. The number of aromatic nitrogens is 1. The molecule has 0 saturated heterocycles. The van der Waals surface area contributed by atoms with Gasteiger partial charge in [0.25, 0.3) is 0 Å². The Morgan fingerprint density at radius 3 is 2.58 bits per heavy atom. The van der Waals surface area contributed by atoms with E-state index in [1.807, 2.05) is 11.9 Å². The van der Waals surface area contributed by atoms with Crippen molar-refractivity contribution in [2.75, 3.05) is 14.1 Å². The molecule has 1 aromatic heterocycles. The minimum atomic E-state index is -2.82. The molecule has 0 fully saturated rings. The Hall–Kier alpha value is -1.91. The molecule has 2 rings (SSSR count). The Bertz CT molecular complexity index is 621. The van der Waals surface area contributed by atoms with Gasteiger partial charge in [-0.25, -0.2) is 0 Å². The van der Waals surface area contributed by atoms with Gasteiger partial charge in [0.05, 0.1) is 6.54 Å². The molecule has 0 unspecified atom stereocenters. The predicted molar refractivity (Wildman–Crippen MR) is 96.7 cm³/mol. The van der Waals surface area contributed by atoms with E-state index < -0.39 is 6.61 Å². The zero-order valence-electron chi connectivity index (χ0n) is 13.3. The molecule has 0 radical (unpaired) electrons. The van der Waals surface area contributed by atoms with Crippen LogP contribution in [-0.4, -0.2) is 36.7 Å². The number of hydrogen-bond donors (Lipinski definition) is 1. The van der Waals surface area contributed by atoms with Crippen LogP contribution in [0.5, 0.6) is 5.75 Å². The highest BCUT2D eigenvalue weighted by Crippen LogP contribution is 2.15. The molecule has 132 valence electrons. The van der Waals surface area contributed by atoms with Crippen LogP contribution >= 0.6 is 24.0 Å². The van der Waals surface area contributed by atoms with Crippen LogP contribution < -0.4 is 10.1 Å². The van der Waals surface area contributed by atoms with E-state index in [1.54, 1.807) is 25.2 Å². The van der Waals surface area contributed by atoms with Gasteiger partial charge in [0.2, 0.25) is 0 Å². The highest BCUT2D eigenvalue weighted by atomic mass is 127. The maximum atomic E-state index is 12.1. The van der Waals surface area contributed by atoms with Crippen LogP contribution in [0.25, 0.3) is 0 Å². The number of hydrogen-bond acceptors (Lipinski definition) is 4. The van der Waals surface area contributed by atoms with Crippen LogP contribution in [0.3, 0.4) is 0 Å². The monoisotopic (exact) mass is 452 g/mol. The number of aliphatic imine (C=N–C) groups is 1. The summed E-state index contributed by atoms with van der Waals surface area (Å²) in [7, 11) is 3.56. The first kappa shape index (κ1) is 20.1. The van der Waals surface area contributed by atoms with E-state index in [4.69, 9.17) is 4.52 Å². The molecule has 9 heteroatoms. The van der Waals surface area contributed by atoms with Crippen molar-refractivity contribution in [1.82, 2.24) is 15.4 Å². The zero-order chi connectivity index (χ0) is 16.7. The molecule has 0 aliphatic rings. The Labute approximate surface area is 155 Å². The number of nitrogens with one attached hydrogen (secondary N) is 1. The van der Waals surface area contributed by atoms with E-state index in [1.165, 1.54) is 18.4 Å². The van der Waals surface area contributed by atoms with Crippen molar-refractivity contribution in [3.63, 3.8) is 0 Å². The van der Waals surface area contributed by atoms with Gasteiger partial charge in [-0.05, 0) is 17.7 Å². The summed E-state index contributed by atoms with van der Waals surface area (Å²) in [4.78, 5) is 6.10. The molecule has 0 atom stereocenters. The van der Waals surface area contributed by atoms with Gasteiger partial charge in [-0.15, -0.1) is 24.0 Å². The first-order chi connectivity index (χ1) is 11.1. The van der Waals surface area contributed by atoms with Gasteiger partial charge < -0.3 is 19.5 Å². The largest absolute Gasteiger partial charge is 0.435 e. The maximum absolute atomic E-state index is 12.1. The first-order valence-electron chi connectivity index (χ1n) is 6.93. The number of alkyl halides is 2. The van der Waals surface area contributed by atoms with Gasteiger partial charge in [0, 0.05) is 26.7 Å². The minimum Gasteiger partial charge on any atom is -0.435 e. The van der Waals surface area contributed by atoms with Crippen LogP contribution in [0, 0.1) is 0 Å². The number of benzene rings is 1. The van der Waals surface area contributed by atoms with Gasteiger partial charge >= 0.3 is 6.61 Å². The topological polar surface area (TPSA) is 62.9 Å². The summed E-state index contributed by atoms with van der Waals surface area (Å²) in [5.74, 6) is 0.820. The lowest BCUT2D eigenvalue weighted by Crippen LogP contribution is -2.38. The quantitative estimate of drug-likeness (QED) is 0.415. The van der Waals surface area contributed by atoms with E-state index in [0.717, 1.165) is 11.3 Å². The van der Waals surface area contributed by atoms with Crippen LogP contribution in [0.2, 0.25) is 0 Å². The fourth-order valence-corrected chi connectivity index (χ4v) is 2.01. The SMILES string of the molecule is CN=C(NCc1ccon1)N(C)Cc1ccc(OC(F)F)cc1.I. The van der Waals surface area contributed by atoms with Gasteiger partial charge in [0.15, 0.2) is 5.96 Å². The van der Waals surface area contributed by atoms with Crippen LogP contribution in [0.15, 0.2) is 46.1 Å². The molecule has 0 spiro atoms. The normalized spacial score (nSPS) is 11.1. The number of ether oxygens (including phenoxy) is 1. The van der Waals surface area contributed by atoms with E-state index in [9.17, 15) is 8.78 Å². The van der Waals surface area contributed by atoms with Crippen molar-refractivity contribution in [2.24, 2.45) is 4.99 Å². The van der Waals surface area contributed by atoms with Crippen molar-refractivity contribution in [2.45, 2.75) is 19.7 Å². The first-order valence-corrected chi connectivity index (χ1v) is 6.93. The molecular weight excluding hydrogens is 433 g/mol. The molecule has 0 bridgehead atoms. The van der Waals surface area contributed by atoms with E-state index in [2.05, 4.69) is 20.2 Å². The molecule has 0 aliphatic carbocycles. The Balaban J connectivity index is 0.00000288. The van der Waals surface area contributed by atoms with Crippen molar-refractivity contribution in [3.05, 3.63) is 47.9 Å². The van der Waals surface area contributed by atoms with Crippen LogP contribution in [-0.2, 0) is 13.1 Å². The second kappa shape index (κ2) is 10.1. The number of nitrogens with zero attached hydrogens (tertiary/aromatic N) is 3. The molecule has 0 amide bonds. The summed E-state index contributed by atoms with van der Waals surface area (Å²) in [5.41, 5.74) is 1.71. The van der Waals surface area contributed by atoms with Gasteiger partial charge in [-0.2, -0.15) is 8.78 Å². The van der Waals surface area contributed by atoms with Gasteiger partial charge in [-0.3, -0.25) is 4.99 Å². The van der Waals surface area contributed by atoms with E-state index in [0.29, 0.717) is 19.0 Å². The fourth-order valence-electron chi connectivity index (χ4n) is 2.01. The average molecular weight is 452 g/mol. The maximum Gasteiger partial charge on any atom is 0.387 e. The Morgan fingerprint density at radius 1 is 1.33 bits per heavy atom. The van der Waals surface area contributed by atoms with Crippen LogP contribution in [0.1, 0.15) is 11.3 Å². The molecule has 1 heterocycles. The molecule has 2 aromatic rings. The predicted octanol–water partition coefficient (Wildman–Crippen LogP) is 3.10. The fraction of sp³-hybridized carbons (Fsp3) is 0.333. The molecule has 6 nitrogen and oxygen atoms in total. The number of guanidine groups is 1. The minimum absolute atomic E-state index is 0. The van der Waals surface area contributed by atoms with Gasteiger partial charge in [-0.1, -0.05) is 17.3 Å². The third-order valence-electron chi connectivity index (χ3n) is 3.06. The second-order valence-electron chi connectivity index (χ2n) is 4.77. The second-order valence-corrected chi connectivity index (χ2v) is 4.77. The van der Waals surface area contributed by atoms with Crippen molar-refractivity contribution < 1.29 is 18.0 Å². The number of halogens is 3. The summed E-state index contributed by atoms with van der Waals surface area (Å²) >= 11 is 0. The van der Waals surface area contributed by atoms with E-state index in [-0.39, 0.29) is 29.7 Å². The lowest BCUT2D eigenvalue weighted by atomic mass is 10.2. The zero-order valence-corrected chi connectivity index (χ0v) is 15.6. The van der Waals surface area contributed by atoms with Crippen molar-refractivity contribution in [3.8, 4) is 5.75 Å². The summed E-state index contributed by atoms with van der Waals surface area (Å²) in [6.07, 6.45) is 1.51. The number of rotatable bonds is 6. The molecular formula is C15H19F2IN4O2. The summed E-state index contributed by atoms with van der Waals surface area (Å²) in [6.45, 7) is -1.76. The van der Waals surface area contributed by atoms with Crippen molar-refractivity contribution in [1.29, 1.82) is 0 Å². The Morgan fingerprint density at radius 2 is 2.04 bits per heavy atom.